The Balaban J connectivity index is 2.11. The molecule has 1 saturated heterocycles. The zero-order valence-electron chi connectivity index (χ0n) is 12.6. The maximum atomic E-state index is 11.0. The Kier molecular flexibility index (Phi) is 5.14. The number of hydrogen-bond donors (Lipinski definition) is 1. The molecule has 2 N–H and O–H groups in total. The van der Waals surface area contributed by atoms with Crippen LogP contribution in [0.2, 0.25) is 0 Å². The molecule has 1 aromatic rings. The second-order valence-corrected chi connectivity index (χ2v) is 5.79. The van der Waals surface area contributed by atoms with Crippen LogP contribution < -0.4 is 10.5 Å². The van der Waals surface area contributed by atoms with Crippen molar-refractivity contribution in [3.05, 3.63) is 33.9 Å². The highest BCUT2D eigenvalue weighted by molar-refractivity contribution is 5.42. The lowest BCUT2D eigenvalue weighted by Crippen LogP contribution is -2.41. The summed E-state index contributed by atoms with van der Waals surface area (Å²) < 4.78 is 5.15. The third-order valence-corrected chi connectivity index (χ3v) is 4.09. The molecule has 2 rings (SSSR count). The summed E-state index contributed by atoms with van der Waals surface area (Å²) in [7, 11) is 1.52. The van der Waals surface area contributed by atoms with Gasteiger partial charge in [-0.1, -0.05) is 0 Å². The molecule has 0 saturated carbocycles. The van der Waals surface area contributed by atoms with E-state index in [4.69, 9.17) is 10.5 Å². The van der Waals surface area contributed by atoms with Crippen molar-refractivity contribution in [2.45, 2.75) is 32.4 Å². The summed E-state index contributed by atoms with van der Waals surface area (Å²) in [6, 6.07) is 5.12. The third-order valence-electron chi connectivity index (χ3n) is 4.09. The van der Waals surface area contributed by atoms with E-state index in [9.17, 15) is 10.1 Å². The van der Waals surface area contributed by atoms with E-state index in [0.717, 1.165) is 31.5 Å². The maximum Gasteiger partial charge on any atom is 0.273 e. The van der Waals surface area contributed by atoms with Crippen molar-refractivity contribution >= 4 is 5.69 Å². The Labute approximate surface area is 125 Å². The summed E-state index contributed by atoms with van der Waals surface area (Å²) >= 11 is 0. The molecule has 1 aliphatic heterocycles. The predicted molar refractivity (Wildman–Crippen MR) is 81.3 cm³/mol. The summed E-state index contributed by atoms with van der Waals surface area (Å²) in [5.74, 6) is 1.03. The number of nitrogens with two attached hydrogens (primary N) is 1. The number of likely N-dealkylation sites (tertiary alicyclic amines) is 1. The van der Waals surface area contributed by atoms with Crippen molar-refractivity contribution in [3.63, 3.8) is 0 Å². The molecule has 6 nitrogen and oxygen atoms in total. The van der Waals surface area contributed by atoms with E-state index in [1.54, 1.807) is 6.07 Å². The number of piperidine rings is 1. The van der Waals surface area contributed by atoms with Gasteiger partial charge in [0.1, 0.15) is 5.75 Å². The fourth-order valence-corrected chi connectivity index (χ4v) is 2.88. The van der Waals surface area contributed by atoms with Crippen molar-refractivity contribution in [2.24, 2.45) is 11.7 Å². The van der Waals surface area contributed by atoms with E-state index in [1.807, 2.05) is 13.0 Å². The molecule has 1 heterocycles. The normalized spacial score (nSPS) is 21.0. The van der Waals surface area contributed by atoms with Gasteiger partial charge < -0.3 is 10.5 Å². The van der Waals surface area contributed by atoms with Crippen LogP contribution in [0.1, 0.15) is 25.3 Å². The molecule has 0 spiro atoms. The van der Waals surface area contributed by atoms with Gasteiger partial charge in [-0.05, 0) is 43.9 Å². The lowest BCUT2D eigenvalue weighted by molar-refractivity contribution is -0.385. The molecule has 1 aromatic carbocycles. The second kappa shape index (κ2) is 6.87. The molecule has 2 atom stereocenters. The Hall–Kier alpha value is -1.66. The molecule has 6 heteroatoms. The van der Waals surface area contributed by atoms with Crippen LogP contribution in [0.4, 0.5) is 5.69 Å². The number of methoxy groups -OCH3 is 1. The van der Waals surface area contributed by atoms with E-state index in [0.29, 0.717) is 18.2 Å². The lowest BCUT2D eigenvalue weighted by Gasteiger charge is -2.34. The first-order chi connectivity index (χ1) is 9.99. The first-order valence-corrected chi connectivity index (χ1v) is 7.30. The predicted octanol–water partition coefficient (Wildman–Crippen LogP) is 2.16. The van der Waals surface area contributed by atoms with Gasteiger partial charge in [-0.25, -0.2) is 0 Å². The monoisotopic (exact) mass is 293 g/mol. The van der Waals surface area contributed by atoms with Crippen LogP contribution >= 0.6 is 0 Å². The van der Waals surface area contributed by atoms with Crippen LogP contribution in [0.15, 0.2) is 18.2 Å². The highest BCUT2D eigenvalue weighted by atomic mass is 16.6. The maximum absolute atomic E-state index is 11.0. The van der Waals surface area contributed by atoms with Crippen LogP contribution in [-0.4, -0.2) is 36.1 Å². The Morgan fingerprint density at radius 2 is 2.29 bits per heavy atom. The molecule has 116 valence electrons. The van der Waals surface area contributed by atoms with E-state index in [1.165, 1.54) is 13.2 Å². The van der Waals surface area contributed by atoms with Crippen LogP contribution in [0.3, 0.4) is 0 Å². The van der Waals surface area contributed by atoms with Gasteiger partial charge in [0, 0.05) is 25.2 Å². The van der Waals surface area contributed by atoms with Gasteiger partial charge in [0.2, 0.25) is 0 Å². The topological polar surface area (TPSA) is 81.6 Å². The van der Waals surface area contributed by atoms with Crippen LogP contribution in [0, 0.1) is 16.0 Å². The third kappa shape index (κ3) is 4.15. The van der Waals surface area contributed by atoms with E-state index >= 15 is 0 Å². The number of nitrogens with zero attached hydrogens (tertiary/aromatic N) is 2. The molecular formula is C15H23N3O3. The molecule has 1 fully saturated rings. The first kappa shape index (κ1) is 15.7. The zero-order valence-corrected chi connectivity index (χ0v) is 12.6. The molecule has 2 unspecified atom stereocenters. The number of rotatable bonds is 5. The zero-order chi connectivity index (χ0) is 15.4. The second-order valence-electron chi connectivity index (χ2n) is 5.79. The molecule has 0 amide bonds. The fraction of sp³-hybridized carbons (Fsp3) is 0.600. The van der Waals surface area contributed by atoms with E-state index < -0.39 is 0 Å². The van der Waals surface area contributed by atoms with Crippen molar-refractivity contribution in [1.82, 2.24) is 4.90 Å². The summed E-state index contributed by atoms with van der Waals surface area (Å²) in [4.78, 5) is 12.9. The van der Waals surface area contributed by atoms with Gasteiger partial charge in [-0.15, -0.1) is 0 Å². The van der Waals surface area contributed by atoms with Crippen molar-refractivity contribution in [2.75, 3.05) is 20.2 Å². The van der Waals surface area contributed by atoms with E-state index in [2.05, 4.69) is 4.90 Å². The first-order valence-electron chi connectivity index (χ1n) is 7.30. The van der Waals surface area contributed by atoms with Crippen LogP contribution in [-0.2, 0) is 6.54 Å². The summed E-state index contributed by atoms with van der Waals surface area (Å²) in [6.45, 7) is 4.70. The van der Waals surface area contributed by atoms with Crippen molar-refractivity contribution in [3.8, 4) is 5.75 Å². The fourth-order valence-electron chi connectivity index (χ4n) is 2.88. The molecule has 1 aliphatic rings. The molecule has 0 aliphatic carbocycles. The van der Waals surface area contributed by atoms with E-state index in [-0.39, 0.29) is 16.7 Å². The standard InChI is InChI=1S/C15H23N3O3/c1-11(16)13-4-3-5-17(10-13)9-12-6-14(18(19)20)8-15(7-12)21-2/h6-8,11,13H,3-5,9-10,16H2,1-2H3. The van der Waals surface area contributed by atoms with Gasteiger partial charge in [0.15, 0.2) is 0 Å². The van der Waals surface area contributed by atoms with Gasteiger partial charge >= 0.3 is 0 Å². The summed E-state index contributed by atoms with van der Waals surface area (Å²) in [5.41, 5.74) is 6.98. The average molecular weight is 293 g/mol. The molecule has 0 aromatic heterocycles. The number of ether oxygens (including phenoxy) is 1. The average Bonchev–Trinajstić information content (AvgIpc) is 2.47. The highest BCUT2D eigenvalue weighted by Crippen LogP contribution is 2.25. The Morgan fingerprint density at radius 3 is 2.90 bits per heavy atom. The number of hydrogen-bond acceptors (Lipinski definition) is 5. The minimum absolute atomic E-state index is 0.0742. The smallest absolute Gasteiger partial charge is 0.273 e. The van der Waals surface area contributed by atoms with Gasteiger partial charge in [-0.2, -0.15) is 0 Å². The minimum atomic E-state index is -0.382. The Morgan fingerprint density at radius 1 is 1.52 bits per heavy atom. The van der Waals surface area contributed by atoms with Gasteiger partial charge in [-0.3, -0.25) is 15.0 Å². The Bertz CT molecular complexity index is 505. The quantitative estimate of drug-likeness (QED) is 0.664. The van der Waals surface area contributed by atoms with Gasteiger partial charge in [0.25, 0.3) is 5.69 Å². The van der Waals surface area contributed by atoms with Crippen LogP contribution in [0.5, 0.6) is 5.75 Å². The SMILES string of the molecule is COc1cc(CN2CCCC(C(C)N)C2)cc([N+](=O)[O-])c1. The van der Waals surface area contributed by atoms with Gasteiger partial charge in [0.05, 0.1) is 18.1 Å². The number of nitro groups is 1. The number of non-ortho nitro benzene ring substituents is 1. The van der Waals surface area contributed by atoms with Crippen molar-refractivity contribution in [1.29, 1.82) is 0 Å². The largest absolute Gasteiger partial charge is 0.496 e. The number of benzene rings is 1. The highest BCUT2D eigenvalue weighted by Gasteiger charge is 2.23. The van der Waals surface area contributed by atoms with Crippen LogP contribution in [0.25, 0.3) is 0 Å². The summed E-state index contributed by atoms with van der Waals surface area (Å²) in [5, 5.41) is 11.0. The molecule has 21 heavy (non-hydrogen) atoms. The number of nitro benzene ring substituents is 1. The summed E-state index contributed by atoms with van der Waals surface area (Å²) in [6.07, 6.45) is 2.28. The molecule has 0 bridgehead atoms. The lowest BCUT2D eigenvalue weighted by atomic mass is 9.92. The molecular weight excluding hydrogens is 270 g/mol. The van der Waals surface area contributed by atoms with Crippen molar-refractivity contribution < 1.29 is 9.66 Å². The minimum Gasteiger partial charge on any atom is -0.496 e. The molecule has 0 radical (unpaired) electrons.